The van der Waals surface area contributed by atoms with Gasteiger partial charge < -0.3 is 10.4 Å². The van der Waals surface area contributed by atoms with Gasteiger partial charge in [0.1, 0.15) is 6.61 Å². The van der Waals surface area contributed by atoms with Crippen molar-refractivity contribution in [2.24, 2.45) is 0 Å². The third kappa shape index (κ3) is 2.27. The number of Topliss-reactive ketones (excluding diaryl/α,β-unsaturated/α-hetero) is 1. The second-order valence-electron chi connectivity index (χ2n) is 3.07. The van der Waals surface area contributed by atoms with Crippen molar-refractivity contribution in [1.82, 2.24) is 5.32 Å². The van der Waals surface area contributed by atoms with Crippen LogP contribution in [0.3, 0.4) is 0 Å². The molecule has 0 aliphatic heterocycles. The third-order valence-electron chi connectivity index (χ3n) is 2.10. The zero-order chi connectivity index (χ0) is 12.1. The number of hydrogen-bond donors (Lipinski definition) is 2. The number of nitrogens with one attached hydrogen (secondary N) is 1. The van der Waals surface area contributed by atoms with Crippen LogP contribution in [-0.2, 0) is 0 Å². The maximum atomic E-state index is 11.5. The van der Waals surface area contributed by atoms with E-state index in [1.165, 1.54) is 19.2 Å². The number of benzene rings is 1. The maximum Gasteiger partial charge on any atom is 0.251 e. The van der Waals surface area contributed by atoms with Gasteiger partial charge in [0.2, 0.25) is 0 Å². The van der Waals surface area contributed by atoms with Crippen molar-refractivity contribution in [2.45, 2.75) is 0 Å². The first-order valence-corrected chi connectivity index (χ1v) is 4.60. The molecule has 0 atom stereocenters. The third-order valence-corrected chi connectivity index (χ3v) is 2.10. The Morgan fingerprint density at radius 1 is 1.44 bits per heavy atom. The Kier molecular flexibility index (Phi) is 3.81. The van der Waals surface area contributed by atoms with Crippen LogP contribution >= 0.6 is 0 Å². The molecule has 0 saturated heterocycles. The second-order valence-corrected chi connectivity index (χ2v) is 3.07. The van der Waals surface area contributed by atoms with Crippen LogP contribution in [0.15, 0.2) is 18.2 Å². The monoisotopic (exact) mass is 217 g/mol. The van der Waals surface area contributed by atoms with Gasteiger partial charge in [0.25, 0.3) is 5.91 Å². The van der Waals surface area contributed by atoms with E-state index in [1.807, 2.05) is 0 Å². The first-order chi connectivity index (χ1) is 7.63. The van der Waals surface area contributed by atoms with Gasteiger partial charge in [-0.05, 0) is 18.2 Å². The second kappa shape index (κ2) is 5.10. The van der Waals surface area contributed by atoms with Crippen molar-refractivity contribution >= 4 is 11.7 Å². The number of terminal acetylenes is 1. The summed E-state index contributed by atoms with van der Waals surface area (Å²) in [6, 6.07) is 4.46. The lowest BCUT2D eigenvalue weighted by molar-refractivity contribution is 0.0889. The molecule has 0 fully saturated rings. The fourth-order valence-corrected chi connectivity index (χ4v) is 1.28. The molecule has 1 amide bonds. The van der Waals surface area contributed by atoms with Crippen LogP contribution in [0, 0.1) is 12.3 Å². The van der Waals surface area contributed by atoms with Crippen LogP contribution in [0.4, 0.5) is 0 Å². The van der Waals surface area contributed by atoms with Gasteiger partial charge in [-0.3, -0.25) is 9.59 Å². The van der Waals surface area contributed by atoms with Crippen molar-refractivity contribution in [3.63, 3.8) is 0 Å². The summed E-state index contributed by atoms with van der Waals surface area (Å²) >= 11 is 0. The van der Waals surface area contributed by atoms with E-state index in [9.17, 15) is 9.59 Å². The predicted octanol–water partition coefficient (Wildman–Crippen LogP) is 0.202. The average molecular weight is 217 g/mol. The average Bonchev–Trinajstić information content (AvgIpc) is 2.36. The Morgan fingerprint density at radius 2 is 2.12 bits per heavy atom. The quantitative estimate of drug-likeness (QED) is 0.561. The molecule has 0 heterocycles. The summed E-state index contributed by atoms with van der Waals surface area (Å²) in [4.78, 5) is 22.9. The number of rotatable bonds is 3. The molecule has 16 heavy (non-hydrogen) atoms. The van der Waals surface area contributed by atoms with Crippen molar-refractivity contribution in [1.29, 1.82) is 0 Å². The molecule has 1 aromatic rings. The van der Waals surface area contributed by atoms with E-state index >= 15 is 0 Å². The summed E-state index contributed by atoms with van der Waals surface area (Å²) < 4.78 is 0. The molecule has 82 valence electrons. The van der Waals surface area contributed by atoms with Crippen LogP contribution in [0.2, 0.25) is 0 Å². The van der Waals surface area contributed by atoms with Gasteiger partial charge in [0, 0.05) is 18.2 Å². The minimum atomic E-state index is -0.655. The van der Waals surface area contributed by atoms with E-state index in [4.69, 9.17) is 11.5 Å². The lowest BCUT2D eigenvalue weighted by atomic mass is 10.0. The number of aliphatic hydroxyl groups is 1. The van der Waals surface area contributed by atoms with Gasteiger partial charge in [-0.2, -0.15) is 0 Å². The van der Waals surface area contributed by atoms with Gasteiger partial charge in [-0.15, -0.1) is 6.42 Å². The Hall–Kier alpha value is -2.12. The van der Waals surface area contributed by atoms with Crippen molar-refractivity contribution in [2.75, 3.05) is 13.7 Å². The van der Waals surface area contributed by atoms with E-state index in [1.54, 1.807) is 6.07 Å². The summed E-state index contributed by atoms with van der Waals surface area (Å²) in [7, 11) is 1.46. The van der Waals surface area contributed by atoms with Crippen molar-refractivity contribution < 1.29 is 14.7 Å². The molecule has 0 saturated carbocycles. The van der Waals surface area contributed by atoms with Gasteiger partial charge >= 0.3 is 0 Å². The van der Waals surface area contributed by atoms with Crippen LogP contribution in [0.1, 0.15) is 26.3 Å². The Bertz CT molecular complexity index is 472. The van der Waals surface area contributed by atoms with E-state index < -0.39 is 12.4 Å². The fourth-order valence-electron chi connectivity index (χ4n) is 1.28. The zero-order valence-corrected chi connectivity index (χ0v) is 8.78. The summed E-state index contributed by atoms with van der Waals surface area (Å²) in [6.07, 6.45) is 5.19. The largest absolute Gasteiger partial charge is 0.388 e. The lowest BCUT2D eigenvalue weighted by Crippen LogP contribution is -2.22. The number of aliphatic hydroxyl groups excluding tert-OH is 1. The van der Waals surface area contributed by atoms with E-state index in [0.717, 1.165) is 0 Å². The minimum absolute atomic E-state index is 0.136. The van der Waals surface area contributed by atoms with Crippen LogP contribution in [0.25, 0.3) is 0 Å². The normalized spacial score (nSPS) is 9.31. The molecular weight excluding hydrogens is 206 g/mol. The van der Waals surface area contributed by atoms with Crippen LogP contribution in [-0.4, -0.2) is 30.5 Å². The molecule has 0 aliphatic rings. The van der Waals surface area contributed by atoms with Crippen LogP contribution < -0.4 is 5.32 Å². The molecule has 0 spiro atoms. The Labute approximate surface area is 93.3 Å². The molecule has 2 N–H and O–H groups in total. The van der Waals surface area contributed by atoms with E-state index in [2.05, 4.69) is 11.2 Å². The van der Waals surface area contributed by atoms with Crippen molar-refractivity contribution in [3.8, 4) is 12.3 Å². The SMILES string of the molecule is C#Cc1ccc(C(=O)NC)c(C(=O)CO)c1. The highest BCUT2D eigenvalue weighted by Crippen LogP contribution is 2.12. The molecule has 1 rings (SSSR count). The molecule has 0 radical (unpaired) electrons. The number of ketones is 1. The predicted molar refractivity (Wildman–Crippen MR) is 59.2 cm³/mol. The molecule has 4 nitrogen and oxygen atoms in total. The van der Waals surface area contributed by atoms with Gasteiger partial charge in [-0.1, -0.05) is 5.92 Å². The summed E-state index contributed by atoms with van der Waals surface area (Å²) in [5, 5.41) is 11.2. The van der Waals surface area contributed by atoms with Crippen LogP contribution in [0.5, 0.6) is 0 Å². The highest BCUT2D eigenvalue weighted by Gasteiger charge is 2.15. The van der Waals surface area contributed by atoms with Crippen molar-refractivity contribution in [3.05, 3.63) is 34.9 Å². The summed E-state index contributed by atoms with van der Waals surface area (Å²) in [5.41, 5.74) is 0.835. The van der Waals surface area contributed by atoms with E-state index in [-0.39, 0.29) is 17.0 Å². The molecule has 0 unspecified atom stereocenters. The summed E-state index contributed by atoms with van der Waals surface area (Å²) in [5.74, 6) is 1.44. The lowest BCUT2D eigenvalue weighted by Gasteiger charge is -2.06. The zero-order valence-electron chi connectivity index (χ0n) is 8.78. The highest BCUT2D eigenvalue weighted by atomic mass is 16.3. The smallest absolute Gasteiger partial charge is 0.251 e. The molecule has 1 aromatic carbocycles. The number of amides is 1. The first-order valence-electron chi connectivity index (χ1n) is 4.60. The maximum absolute atomic E-state index is 11.5. The number of carbonyl (C=O) groups excluding carboxylic acids is 2. The molecule has 0 aromatic heterocycles. The topological polar surface area (TPSA) is 66.4 Å². The van der Waals surface area contributed by atoms with Gasteiger partial charge in [-0.25, -0.2) is 0 Å². The molecule has 0 aliphatic carbocycles. The molecule has 0 bridgehead atoms. The fraction of sp³-hybridized carbons (Fsp3) is 0.167. The first kappa shape index (κ1) is 12.0. The standard InChI is InChI=1S/C12H11NO3/c1-3-8-4-5-9(12(16)13-2)10(6-8)11(15)7-14/h1,4-6,14H,7H2,2H3,(H,13,16). The van der Waals surface area contributed by atoms with Gasteiger partial charge in [0.05, 0.1) is 5.56 Å². The number of hydrogen-bond acceptors (Lipinski definition) is 3. The van der Waals surface area contributed by atoms with E-state index in [0.29, 0.717) is 5.56 Å². The molecular formula is C12H11NO3. The molecule has 4 heteroatoms. The van der Waals surface area contributed by atoms with Gasteiger partial charge in [0.15, 0.2) is 5.78 Å². The minimum Gasteiger partial charge on any atom is -0.388 e. The Morgan fingerprint density at radius 3 is 2.62 bits per heavy atom. The summed E-state index contributed by atoms with van der Waals surface area (Å²) in [6.45, 7) is -0.655. The number of carbonyl (C=O) groups is 2. The Balaban J connectivity index is 3.34. The highest BCUT2D eigenvalue weighted by molar-refractivity contribution is 6.08.